The number of benzene rings is 1. The van der Waals surface area contributed by atoms with Gasteiger partial charge in [0.15, 0.2) is 5.78 Å². The van der Waals surface area contributed by atoms with Crippen molar-refractivity contribution in [3.05, 3.63) is 30.9 Å². The summed E-state index contributed by atoms with van der Waals surface area (Å²) in [4.78, 5) is 38.5. The zero-order valence-electron chi connectivity index (χ0n) is 16.9. The third kappa shape index (κ3) is 4.39. The number of rotatable bonds is 8. The number of nitrogens with zero attached hydrogens (tertiary/aromatic N) is 3. The molecule has 0 aromatic heterocycles. The van der Waals surface area contributed by atoms with Gasteiger partial charge in [0.1, 0.15) is 18.9 Å². The number of piperidine rings is 1. The van der Waals surface area contributed by atoms with Gasteiger partial charge in [0.05, 0.1) is 10.6 Å². The van der Waals surface area contributed by atoms with Crippen LogP contribution in [0.4, 0.5) is 10.5 Å². The van der Waals surface area contributed by atoms with Gasteiger partial charge in [0, 0.05) is 25.7 Å². The molecular formula is C20H25N3O6S. The first-order valence-electron chi connectivity index (χ1n) is 9.75. The number of ketones is 1. The van der Waals surface area contributed by atoms with Crippen LogP contribution in [-0.4, -0.2) is 68.1 Å². The number of carbonyl (C=O) groups excluding carboxylic acids is 3. The molecule has 2 aliphatic heterocycles. The van der Waals surface area contributed by atoms with Gasteiger partial charge in [-0.1, -0.05) is 12.5 Å². The number of Topliss-reactive ketones (excluding diaryl/α,β-unsaturated/α-hetero) is 1. The van der Waals surface area contributed by atoms with E-state index in [4.69, 9.17) is 4.74 Å². The number of hydrogen-bond donors (Lipinski definition) is 0. The lowest BCUT2D eigenvalue weighted by molar-refractivity contribution is -0.124. The van der Waals surface area contributed by atoms with Gasteiger partial charge in [-0.25, -0.2) is 13.2 Å². The number of amides is 3. The Morgan fingerprint density at radius 1 is 1.20 bits per heavy atom. The highest BCUT2D eigenvalue weighted by Crippen LogP contribution is 2.35. The highest BCUT2D eigenvalue weighted by molar-refractivity contribution is 7.89. The Morgan fingerprint density at radius 3 is 2.53 bits per heavy atom. The van der Waals surface area contributed by atoms with Gasteiger partial charge in [-0.2, -0.15) is 4.31 Å². The molecule has 0 atom stereocenters. The molecule has 0 unspecified atom stereocenters. The third-order valence-electron chi connectivity index (χ3n) is 4.97. The van der Waals surface area contributed by atoms with Crippen molar-refractivity contribution in [2.75, 3.05) is 37.7 Å². The van der Waals surface area contributed by atoms with Crippen LogP contribution >= 0.6 is 0 Å². The SMILES string of the molecule is C=CCN1C(=O)CN(c2ccc(S(=O)(=O)N3CCCCC3)cc2OCC(C)=O)C1=O. The number of carbonyl (C=O) groups is 3. The Morgan fingerprint density at radius 2 is 1.90 bits per heavy atom. The smallest absolute Gasteiger partial charge is 0.332 e. The fourth-order valence-electron chi connectivity index (χ4n) is 3.47. The van der Waals surface area contributed by atoms with E-state index >= 15 is 0 Å². The molecule has 2 heterocycles. The van der Waals surface area contributed by atoms with E-state index in [9.17, 15) is 22.8 Å². The van der Waals surface area contributed by atoms with Crippen LogP contribution in [0, 0.1) is 0 Å². The lowest BCUT2D eigenvalue weighted by Gasteiger charge is -2.26. The molecule has 0 saturated carbocycles. The van der Waals surface area contributed by atoms with Crippen LogP contribution in [0.15, 0.2) is 35.7 Å². The van der Waals surface area contributed by atoms with Crippen molar-refractivity contribution >= 4 is 33.4 Å². The third-order valence-corrected chi connectivity index (χ3v) is 6.87. The molecule has 2 aliphatic rings. The normalized spacial score (nSPS) is 18.0. The molecule has 1 aromatic rings. The number of urea groups is 1. The van der Waals surface area contributed by atoms with Crippen LogP contribution in [0.1, 0.15) is 26.2 Å². The van der Waals surface area contributed by atoms with Crippen LogP contribution in [-0.2, 0) is 19.6 Å². The Labute approximate surface area is 175 Å². The van der Waals surface area contributed by atoms with Gasteiger partial charge >= 0.3 is 6.03 Å². The first-order valence-corrected chi connectivity index (χ1v) is 11.2. The van der Waals surface area contributed by atoms with Gasteiger partial charge in [-0.05, 0) is 31.9 Å². The summed E-state index contributed by atoms with van der Waals surface area (Å²) in [5, 5.41) is 0. The molecule has 0 N–H and O–H groups in total. The minimum Gasteiger partial charge on any atom is -0.484 e. The van der Waals surface area contributed by atoms with Crippen molar-refractivity contribution in [2.24, 2.45) is 0 Å². The molecule has 3 amide bonds. The molecule has 3 rings (SSSR count). The summed E-state index contributed by atoms with van der Waals surface area (Å²) in [5.41, 5.74) is 0.235. The van der Waals surface area contributed by atoms with E-state index < -0.39 is 22.0 Å². The molecule has 2 saturated heterocycles. The van der Waals surface area contributed by atoms with Gasteiger partial charge in [-0.15, -0.1) is 6.58 Å². The van der Waals surface area contributed by atoms with Crippen molar-refractivity contribution in [3.8, 4) is 5.75 Å². The summed E-state index contributed by atoms with van der Waals surface area (Å²) in [6.07, 6.45) is 4.04. The maximum absolute atomic E-state index is 13.0. The van der Waals surface area contributed by atoms with Crippen LogP contribution in [0.25, 0.3) is 0 Å². The first-order chi connectivity index (χ1) is 14.3. The maximum Gasteiger partial charge on any atom is 0.332 e. The molecule has 1 aromatic carbocycles. The van der Waals surface area contributed by atoms with Gasteiger partial charge in [0.2, 0.25) is 10.0 Å². The molecule has 30 heavy (non-hydrogen) atoms. The first kappa shape index (κ1) is 22.0. The standard InChI is InChI=1S/C20H25N3O6S/c1-3-9-22-19(25)13-23(20(22)26)17-8-7-16(12-18(17)29-14-15(2)24)30(27,28)21-10-5-4-6-11-21/h3,7-8,12H,1,4-6,9-11,13-14H2,2H3. The van der Waals surface area contributed by atoms with Crippen molar-refractivity contribution in [2.45, 2.75) is 31.1 Å². The Hall–Kier alpha value is -2.72. The van der Waals surface area contributed by atoms with Gasteiger partial charge in [0.25, 0.3) is 5.91 Å². The lowest BCUT2D eigenvalue weighted by atomic mass is 10.2. The molecule has 162 valence electrons. The maximum atomic E-state index is 13.0. The van der Waals surface area contributed by atoms with Crippen molar-refractivity contribution in [1.29, 1.82) is 0 Å². The van der Waals surface area contributed by atoms with E-state index in [0.717, 1.165) is 24.2 Å². The Balaban J connectivity index is 1.97. The van der Waals surface area contributed by atoms with Crippen molar-refractivity contribution in [3.63, 3.8) is 0 Å². The number of hydrogen-bond acceptors (Lipinski definition) is 6. The monoisotopic (exact) mass is 435 g/mol. The van der Waals surface area contributed by atoms with E-state index in [-0.39, 0.29) is 41.8 Å². The van der Waals surface area contributed by atoms with E-state index in [2.05, 4.69) is 6.58 Å². The Kier molecular flexibility index (Phi) is 6.57. The zero-order valence-corrected chi connectivity index (χ0v) is 17.7. The summed E-state index contributed by atoms with van der Waals surface area (Å²) in [6.45, 7) is 5.35. The molecule has 2 fully saturated rings. The average Bonchev–Trinajstić information content (AvgIpc) is 3.01. The quantitative estimate of drug-likeness (QED) is 0.455. The highest BCUT2D eigenvalue weighted by Gasteiger charge is 2.38. The highest BCUT2D eigenvalue weighted by atomic mass is 32.2. The minimum absolute atomic E-state index is 0.0209. The minimum atomic E-state index is -3.73. The molecule has 0 spiro atoms. The van der Waals surface area contributed by atoms with Gasteiger partial charge < -0.3 is 4.74 Å². The van der Waals surface area contributed by atoms with E-state index in [1.54, 1.807) is 0 Å². The number of imide groups is 1. The van der Waals surface area contributed by atoms with Crippen molar-refractivity contribution in [1.82, 2.24) is 9.21 Å². The lowest BCUT2D eigenvalue weighted by Crippen LogP contribution is -2.35. The summed E-state index contributed by atoms with van der Waals surface area (Å²) < 4.78 is 33.0. The molecular weight excluding hydrogens is 410 g/mol. The summed E-state index contributed by atoms with van der Waals surface area (Å²) in [7, 11) is -3.73. The number of anilines is 1. The fraction of sp³-hybridized carbons (Fsp3) is 0.450. The zero-order chi connectivity index (χ0) is 21.9. The Bertz CT molecular complexity index is 969. The van der Waals surface area contributed by atoms with E-state index in [0.29, 0.717) is 13.1 Å². The largest absolute Gasteiger partial charge is 0.484 e. The van der Waals surface area contributed by atoms with Crippen LogP contribution in [0.2, 0.25) is 0 Å². The van der Waals surface area contributed by atoms with Crippen LogP contribution in [0.5, 0.6) is 5.75 Å². The van der Waals surface area contributed by atoms with Crippen molar-refractivity contribution < 1.29 is 27.5 Å². The number of sulfonamides is 1. The predicted molar refractivity (Wildman–Crippen MR) is 110 cm³/mol. The summed E-state index contributed by atoms with van der Waals surface area (Å²) in [5.74, 6) is -0.602. The second-order valence-electron chi connectivity index (χ2n) is 7.25. The number of ether oxygens (including phenoxy) is 1. The summed E-state index contributed by atoms with van der Waals surface area (Å²) >= 11 is 0. The van der Waals surface area contributed by atoms with Crippen LogP contribution in [0.3, 0.4) is 0 Å². The molecule has 0 bridgehead atoms. The predicted octanol–water partition coefficient (Wildman–Crippen LogP) is 1.78. The van der Waals surface area contributed by atoms with Gasteiger partial charge in [-0.3, -0.25) is 19.4 Å². The average molecular weight is 436 g/mol. The molecule has 9 nitrogen and oxygen atoms in total. The molecule has 0 radical (unpaired) electrons. The molecule has 10 heteroatoms. The second kappa shape index (κ2) is 8.97. The second-order valence-corrected chi connectivity index (χ2v) is 9.18. The van der Waals surface area contributed by atoms with E-state index in [1.807, 2.05) is 0 Å². The summed E-state index contributed by atoms with van der Waals surface area (Å²) in [6, 6.07) is 3.60. The molecule has 0 aliphatic carbocycles. The van der Waals surface area contributed by atoms with E-state index in [1.165, 1.54) is 40.4 Å². The fourth-order valence-corrected chi connectivity index (χ4v) is 5.00. The van der Waals surface area contributed by atoms with Crippen LogP contribution < -0.4 is 9.64 Å². The topological polar surface area (TPSA) is 104 Å².